The molecule has 2 aromatic heterocycles. The van der Waals surface area contributed by atoms with Gasteiger partial charge in [0.05, 0.1) is 0 Å². The van der Waals surface area contributed by atoms with Gasteiger partial charge < -0.3 is 9.32 Å². The maximum Gasteiger partial charge on any atom is 0.164 e. The molecule has 5 nitrogen and oxygen atoms in total. The molecule has 0 unspecified atom stereocenters. The second-order valence-corrected chi connectivity index (χ2v) is 13.7. The Hall–Kier alpha value is -7.63. The van der Waals surface area contributed by atoms with Gasteiger partial charge in [-0.05, 0) is 76.9 Å². The van der Waals surface area contributed by atoms with Crippen LogP contribution in [-0.2, 0) is 0 Å². The molecule has 0 aliphatic carbocycles. The second-order valence-electron chi connectivity index (χ2n) is 13.7. The van der Waals surface area contributed by atoms with Gasteiger partial charge in [-0.15, -0.1) is 0 Å². The molecule has 0 spiro atoms. The average molecular weight is 719 g/mol. The first-order chi connectivity index (χ1) is 27.7. The molecule has 10 aromatic rings. The topological polar surface area (TPSA) is 55.1 Å². The average Bonchev–Trinajstić information content (AvgIpc) is 3.65. The standard InChI is InChI=1S/C51H34N4O/c1-5-14-35(15-6-1)37-24-27-42(28-25-37)55(43-23-13-22-40(32-43)36-16-7-2-8-17-36)44-29-31-47-46(34-44)45-30-26-41(33-48(45)56-47)51-53-49(38-18-9-3-10-19-38)52-50(54-51)39-20-11-4-12-21-39/h1-34H. The van der Waals surface area contributed by atoms with E-state index in [0.717, 1.165) is 61.3 Å². The number of fused-ring (bicyclic) bond motifs is 3. The van der Waals surface area contributed by atoms with Crippen molar-refractivity contribution in [3.8, 4) is 56.4 Å². The van der Waals surface area contributed by atoms with Crippen LogP contribution in [0.5, 0.6) is 0 Å². The molecule has 2 heterocycles. The summed E-state index contributed by atoms with van der Waals surface area (Å²) in [7, 11) is 0. The van der Waals surface area contributed by atoms with Crippen molar-refractivity contribution in [2.75, 3.05) is 4.90 Å². The quantitative estimate of drug-likeness (QED) is 0.157. The Morgan fingerprint density at radius 2 is 0.750 bits per heavy atom. The fourth-order valence-corrected chi connectivity index (χ4v) is 7.32. The lowest BCUT2D eigenvalue weighted by molar-refractivity contribution is 0.669. The minimum Gasteiger partial charge on any atom is -0.456 e. The van der Waals surface area contributed by atoms with Crippen LogP contribution in [0.3, 0.4) is 0 Å². The number of rotatable bonds is 8. The predicted octanol–water partition coefficient (Wildman–Crippen LogP) is 13.6. The highest BCUT2D eigenvalue weighted by Crippen LogP contribution is 2.41. The van der Waals surface area contributed by atoms with Crippen LogP contribution in [0.2, 0.25) is 0 Å². The summed E-state index contributed by atoms with van der Waals surface area (Å²) in [6.07, 6.45) is 0. The molecule has 0 saturated carbocycles. The Labute approximate surface area is 324 Å². The molecule has 0 aliphatic heterocycles. The molecule has 56 heavy (non-hydrogen) atoms. The maximum absolute atomic E-state index is 6.54. The smallest absolute Gasteiger partial charge is 0.164 e. The number of anilines is 3. The van der Waals surface area contributed by atoms with Crippen LogP contribution in [0.4, 0.5) is 17.1 Å². The third-order valence-electron chi connectivity index (χ3n) is 10.1. The normalized spacial score (nSPS) is 11.2. The van der Waals surface area contributed by atoms with Crippen LogP contribution >= 0.6 is 0 Å². The van der Waals surface area contributed by atoms with Crippen molar-refractivity contribution >= 4 is 39.0 Å². The lowest BCUT2D eigenvalue weighted by Gasteiger charge is -2.26. The van der Waals surface area contributed by atoms with Crippen molar-refractivity contribution < 1.29 is 4.42 Å². The fraction of sp³-hybridized carbons (Fsp3) is 0. The fourth-order valence-electron chi connectivity index (χ4n) is 7.32. The Kier molecular flexibility index (Phi) is 8.43. The second kappa shape index (κ2) is 14.3. The summed E-state index contributed by atoms with van der Waals surface area (Å²) in [5.74, 6) is 1.83. The van der Waals surface area contributed by atoms with Gasteiger partial charge in [0.2, 0.25) is 0 Å². The van der Waals surface area contributed by atoms with E-state index in [1.54, 1.807) is 0 Å². The summed E-state index contributed by atoms with van der Waals surface area (Å²) in [4.78, 5) is 17.1. The number of nitrogens with zero attached hydrogens (tertiary/aromatic N) is 4. The Balaban J connectivity index is 1.08. The minimum atomic E-state index is 0.587. The molecule has 0 amide bonds. The molecule has 5 heteroatoms. The van der Waals surface area contributed by atoms with E-state index in [1.165, 1.54) is 16.7 Å². The zero-order valence-electron chi connectivity index (χ0n) is 30.3. The van der Waals surface area contributed by atoms with Crippen LogP contribution in [0.15, 0.2) is 211 Å². The molecule has 0 saturated heterocycles. The van der Waals surface area contributed by atoms with Crippen molar-refractivity contribution in [3.05, 3.63) is 206 Å². The summed E-state index contributed by atoms with van der Waals surface area (Å²) in [6, 6.07) is 71.2. The Morgan fingerprint density at radius 3 is 1.36 bits per heavy atom. The molecular formula is C51H34N4O. The monoisotopic (exact) mass is 718 g/mol. The van der Waals surface area contributed by atoms with E-state index in [0.29, 0.717) is 17.5 Å². The summed E-state index contributed by atoms with van der Waals surface area (Å²) >= 11 is 0. The molecule has 0 N–H and O–H groups in total. The van der Waals surface area contributed by atoms with Crippen LogP contribution in [0.25, 0.3) is 78.4 Å². The van der Waals surface area contributed by atoms with Crippen molar-refractivity contribution in [1.82, 2.24) is 15.0 Å². The highest BCUT2D eigenvalue weighted by Gasteiger charge is 2.18. The van der Waals surface area contributed by atoms with Gasteiger partial charge >= 0.3 is 0 Å². The number of benzene rings is 8. The van der Waals surface area contributed by atoms with E-state index in [1.807, 2.05) is 72.8 Å². The number of hydrogen-bond donors (Lipinski definition) is 0. The van der Waals surface area contributed by atoms with E-state index in [4.69, 9.17) is 19.4 Å². The molecule has 10 rings (SSSR count). The van der Waals surface area contributed by atoms with E-state index < -0.39 is 0 Å². The lowest BCUT2D eigenvalue weighted by Crippen LogP contribution is -2.10. The van der Waals surface area contributed by atoms with Crippen LogP contribution in [-0.4, -0.2) is 15.0 Å². The van der Waals surface area contributed by atoms with Crippen molar-refractivity contribution in [3.63, 3.8) is 0 Å². The van der Waals surface area contributed by atoms with E-state index in [2.05, 4.69) is 138 Å². The van der Waals surface area contributed by atoms with Crippen LogP contribution in [0.1, 0.15) is 0 Å². The van der Waals surface area contributed by atoms with Crippen molar-refractivity contribution in [2.24, 2.45) is 0 Å². The van der Waals surface area contributed by atoms with Gasteiger partial charge in [0.15, 0.2) is 17.5 Å². The molecule has 0 radical (unpaired) electrons. The van der Waals surface area contributed by atoms with Crippen LogP contribution in [0, 0.1) is 0 Å². The highest BCUT2D eigenvalue weighted by atomic mass is 16.3. The van der Waals surface area contributed by atoms with E-state index in [-0.39, 0.29) is 0 Å². The molecule has 0 fully saturated rings. The number of hydrogen-bond acceptors (Lipinski definition) is 5. The first kappa shape index (κ1) is 33.0. The molecule has 0 aliphatic rings. The van der Waals surface area contributed by atoms with E-state index >= 15 is 0 Å². The Bertz CT molecular complexity index is 2890. The van der Waals surface area contributed by atoms with Gasteiger partial charge in [0.25, 0.3) is 0 Å². The molecule has 0 atom stereocenters. The highest BCUT2D eigenvalue weighted by molar-refractivity contribution is 6.07. The first-order valence-electron chi connectivity index (χ1n) is 18.7. The van der Waals surface area contributed by atoms with Gasteiger partial charge in [-0.3, -0.25) is 0 Å². The largest absolute Gasteiger partial charge is 0.456 e. The summed E-state index contributed by atoms with van der Waals surface area (Å²) < 4.78 is 6.54. The predicted molar refractivity (Wildman–Crippen MR) is 229 cm³/mol. The van der Waals surface area contributed by atoms with Crippen molar-refractivity contribution in [1.29, 1.82) is 0 Å². The van der Waals surface area contributed by atoms with Gasteiger partial charge in [-0.2, -0.15) is 0 Å². The van der Waals surface area contributed by atoms with Crippen LogP contribution < -0.4 is 4.90 Å². The number of aromatic nitrogens is 3. The molecular weight excluding hydrogens is 685 g/mol. The van der Waals surface area contributed by atoms with Gasteiger partial charge in [0, 0.05) is 44.5 Å². The van der Waals surface area contributed by atoms with Crippen molar-refractivity contribution in [2.45, 2.75) is 0 Å². The summed E-state index contributed by atoms with van der Waals surface area (Å²) in [6.45, 7) is 0. The molecule has 8 aromatic carbocycles. The zero-order chi connectivity index (χ0) is 37.3. The maximum atomic E-state index is 6.54. The zero-order valence-corrected chi connectivity index (χ0v) is 30.3. The molecule has 0 bridgehead atoms. The van der Waals surface area contributed by atoms with Gasteiger partial charge in [-0.1, -0.05) is 152 Å². The summed E-state index contributed by atoms with van der Waals surface area (Å²) in [5.41, 5.74) is 12.1. The lowest BCUT2D eigenvalue weighted by atomic mass is 10.0. The SMILES string of the molecule is c1ccc(-c2ccc(N(c3cccc(-c4ccccc4)c3)c3ccc4oc5cc(-c6nc(-c7ccccc7)nc(-c7ccccc7)n6)ccc5c4c3)cc2)cc1. The first-order valence-corrected chi connectivity index (χ1v) is 18.7. The number of furan rings is 1. The van der Waals surface area contributed by atoms with E-state index in [9.17, 15) is 0 Å². The van der Waals surface area contributed by atoms with Gasteiger partial charge in [0.1, 0.15) is 11.2 Å². The third-order valence-corrected chi connectivity index (χ3v) is 10.1. The summed E-state index contributed by atoms with van der Waals surface area (Å²) in [5, 5.41) is 2.04. The van der Waals surface area contributed by atoms with Gasteiger partial charge in [-0.25, -0.2) is 15.0 Å². The molecule has 264 valence electrons. The Morgan fingerprint density at radius 1 is 0.286 bits per heavy atom. The minimum absolute atomic E-state index is 0.587. The third kappa shape index (κ3) is 6.37.